The Morgan fingerprint density at radius 3 is 2.41 bits per heavy atom. The second-order valence-corrected chi connectivity index (χ2v) is 7.20. The second-order valence-electron chi connectivity index (χ2n) is 7.20. The number of Topliss-reactive ketones (excluding diaryl/α,β-unsaturated/α-hetero) is 1. The molecule has 1 unspecified atom stereocenters. The first-order valence-corrected chi connectivity index (χ1v) is 8.56. The van der Waals surface area contributed by atoms with Gasteiger partial charge in [0.1, 0.15) is 11.5 Å². The number of ketones is 1. The minimum Gasteiger partial charge on any atom is -0.493 e. The van der Waals surface area contributed by atoms with E-state index < -0.39 is 0 Å². The Kier molecular flexibility index (Phi) is 7.12. The molecule has 0 saturated heterocycles. The van der Waals surface area contributed by atoms with Crippen LogP contribution in [0.15, 0.2) is 18.2 Å². The Hall–Kier alpha value is -1.31. The molecule has 0 aliphatic carbocycles. The number of ether oxygens (including phenoxy) is 1. The average Bonchev–Trinajstić information content (AvgIpc) is 2.45. The predicted molar refractivity (Wildman–Crippen MR) is 93.9 cm³/mol. The van der Waals surface area contributed by atoms with Gasteiger partial charge in [0, 0.05) is 6.42 Å². The van der Waals surface area contributed by atoms with E-state index >= 15 is 0 Å². The van der Waals surface area contributed by atoms with Crippen LogP contribution in [0.2, 0.25) is 0 Å². The van der Waals surface area contributed by atoms with Crippen LogP contribution >= 0.6 is 0 Å². The fourth-order valence-corrected chi connectivity index (χ4v) is 2.63. The van der Waals surface area contributed by atoms with Gasteiger partial charge in [-0.15, -0.1) is 0 Å². The Balaban J connectivity index is 3.15. The van der Waals surface area contributed by atoms with E-state index in [0.717, 1.165) is 31.6 Å². The standard InChI is InChI=1S/C20H32O2/c1-7-13-22-19-12-11-17(20(4,5)6)14-18(19)16(8-2)10-9-15(3)21/h11-12,14,16H,7-10,13H2,1-6H3. The van der Waals surface area contributed by atoms with Gasteiger partial charge in [-0.2, -0.15) is 0 Å². The molecule has 22 heavy (non-hydrogen) atoms. The quantitative estimate of drug-likeness (QED) is 0.621. The van der Waals surface area contributed by atoms with Crippen molar-refractivity contribution >= 4 is 5.78 Å². The zero-order chi connectivity index (χ0) is 16.8. The van der Waals surface area contributed by atoms with Crippen LogP contribution in [0, 0.1) is 0 Å². The third-order valence-corrected chi connectivity index (χ3v) is 4.11. The molecule has 1 rings (SSSR count). The Labute approximate surface area is 136 Å². The molecule has 124 valence electrons. The monoisotopic (exact) mass is 304 g/mol. The SMILES string of the molecule is CCCOc1ccc(C(C)(C)C)cc1C(CC)CCC(C)=O. The molecule has 0 aliphatic heterocycles. The molecule has 1 aromatic carbocycles. The summed E-state index contributed by atoms with van der Waals surface area (Å²) in [5.74, 6) is 1.64. The highest BCUT2D eigenvalue weighted by Crippen LogP contribution is 2.36. The summed E-state index contributed by atoms with van der Waals surface area (Å²) in [7, 11) is 0. The van der Waals surface area contributed by atoms with E-state index in [1.165, 1.54) is 11.1 Å². The molecular formula is C20H32O2. The molecule has 0 fully saturated rings. The number of carbonyl (C=O) groups excluding carboxylic acids is 1. The molecule has 0 aliphatic rings. The molecule has 1 aromatic rings. The van der Waals surface area contributed by atoms with Gasteiger partial charge in [-0.25, -0.2) is 0 Å². The van der Waals surface area contributed by atoms with Crippen molar-refractivity contribution < 1.29 is 9.53 Å². The maximum atomic E-state index is 11.3. The van der Waals surface area contributed by atoms with Gasteiger partial charge in [0.05, 0.1) is 6.61 Å². The molecule has 0 radical (unpaired) electrons. The van der Waals surface area contributed by atoms with Crippen molar-refractivity contribution in [3.63, 3.8) is 0 Å². The van der Waals surface area contributed by atoms with Crippen LogP contribution in [0.5, 0.6) is 5.75 Å². The lowest BCUT2D eigenvalue weighted by Gasteiger charge is -2.25. The first kappa shape index (κ1) is 18.7. The summed E-state index contributed by atoms with van der Waals surface area (Å²) in [5.41, 5.74) is 2.72. The van der Waals surface area contributed by atoms with E-state index in [4.69, 9.17) is 4.74 Å². The van der Waals surface area contributed by atoms with Crippen LogP contribution in [0.4, 0.5) is 0 Å². The smallest absolute Gasteiger partial charge is 0.129 e. The molecule has 2 nitrogen and oxygen atoms in total. The highest BCUT2D eigenvalue weighted by atomic mass is 16.5. The van der Waals surface area contributed by atoms with E-state index in [2.05, 4.69) is 52.8 Å². The van der Waals surface area contributed by atoms with Crippen molar-refractivity contribution in [1.82, 2.24) is 0 Å². The highest BCUT2D eigenvalue weighted by Gasteiger charge is 2.20. The zero-order valence-corrected chi connectivity index (χ0v) is 15.2. The number of hydrogen-bond acceptors (Lipinski definition) is 2. The summed E-state index contributed by atoms with van der Waals surface area (Å²) in [6, 6.07) is 6.58. The third-order valence-electron chi connectivity index (χ3n) is 4.11. The van der Waals surface area contributed by atoms with E-state index in [0.29, 0.717) is 12.3 Å². The van der Waals surface area contributed by atoms with Crippen LogP contribution in [0.25, 0.3) is 0 Å². The van der Waals surface area contributed by atoms with Crippen LogP contribution in [-0.4, -0.2) is 12.4 Å². The topological polar surface area (TPSA) is 26.3 Å². The molecule has 0 aromatic heterocycles. The fraction of sp³-hybridized carbons (Fsp3) is 0.650. The maximum Gasteiger partial charge on any atom is 0.129 e. The molecule has 0 N–H and O–H groups in total. The number of carbonyl (C=O) groups is 1. The van der Waals surface area contributed by atoms with Crippen LogP contribution in [0.3, 0.4) is 0 Å². The van der Waals surface area contributed by atoms with Gasteiger partial charge in [0.2, 0.25) is 0 Å². The molecule has 1 atom stereocenters. The summed E-state index contributed by atoms with van der Waals surface area (Å²) in [6.07, 6.45) is 3.58. The number of hydrogen-bond donors (Lipinski definition) is 0. The van der Waals surface area contributed by atoms with Gasteiger partial charge in [-0.1, -0.05) is 46.8 Å². The summed E-state index contributed by atoms with van der Waals surface area (Å²) in [4.78, 5) is 11.3. The second kappa shape index (κ2) is 8.36. The van der Waals surface area contributed by atoms with Crippen molar-refractivity contribution in [2.45, 2.75) is 78.6 Å². The van der Waals surface area contributed by atoms with Gasteiger partial charge >= 0.3 is 0 Å². The lowest BCUT2D eigenvalue weighted by Crippen LogP contribution is -2.13. The molecule has 0 spiro atoms. The molecule has 0 saturated carbocycles. The summed E-state index contributed by atoms with van der Waals surface area (Å²) >= 11 is 0. The molecular weight excluding hydrogens is 272 g/mol. The largest absolute Gasteiger partial charge is 0.493 e. The van der Waals surface area contributed by atoms with E-state index in [9.17, 15) is 4.79 Å². The summed E-state index contributed by atoms with van der Waals surface area (Å²) < 4.78 is 5.96. The van der Waals surface area contributed by atoms with Gasteiger partial charge < -0.3 is 9.53 Å². The van der Waals surface area contributed by atoms with Crippen molar-refractivity contribution in [2.24, 2.45) is 0 Å². The van der Waals surface area contributed by atoms with Crippen molar-refractivity contribution in [3.8, 4) is 5.75 Å². The molecule has 0 heterocycles. The van der Waals surface area contributed by atoms with E-state index in [1.54, 1.807) is 6.92 Å². The van der Waals surface area contributed by atoms with Gasteiger partial charge in [0.15, 0.2) is 0 Å². The Morgan fingerprint density at radius 2 is 1.91 bits per heavy atom. The van der Waals surface area contributed by atoms with Crippen LogP contribution in [0.1, 0.15) is 84.3 Å². The Morgan fingerprint density at radius 1 is 1.23 bits per heavy atom. The first-order valence-electron chi connectivity index (χ1n) is 8.56. The number of rotatable bonds is 8. The van der Waals surface area contributed by atoms with Crippen molar-refractivity contribution in [2.75, 3.05) is 6.61 Å². The predicted octanol–water partition coefficient (Wildman–Crippen LogP) is 5.64. The average molecular weight is 304 g/mol. The fourth-order valence-electron chi connectivity index (χ4n) is 2.63. The van der Waals surface area contributed by atoms with E-state index in [1.807, 2.05) is 0 Å². The molecule has 0 bridgehead atoms. The maximum absolute atomic E-state index is 11.3. The van der Waals surface area contributed by atoms with Gasteiger partial charge in [-0.3, -0.25) is 0 Å². The lowest BCUT2D eigenvalue weighted by molar-refractivity contribution is -0.117. The minimum atomic E-state index is 0.122. The molecule has 0 amide bonds. The highest BCUT2D eigenvalue weighted by molar-refractivity contribution is 5.75. The van der Waals surface area contributed by atoms with Gasteiger partial charge in [-0.05, 0) is 54.7 Å². The molecule has 2 heteroatoms. The zero-order valence-electron chi connectivity index (χ0n) is 15.2. The van der Waals surface area contributed by atoms with Crippen molar-refractivity contribution in [1.29, 1.82) is 0 Å². The summed E-state index contributed by atoms with van der Waals surface area (Å²) in [5, 5.41) is 0. The van der Waals surface area contributed by atoms with Crippen LogP contribution in [-0.2, 0) is 10.2 Å². The third kappa shape index (κ3) is 5.47. The first-order chi connectivity index (χ1) is 10.3. The normalized spacial score (nSPS) is 13.0. The van der Waals surface area contributed by atoms with Crippen LogP contribution < -0.4 is 4.74 Å². The Bertz CT molecular complexity index is 483. The van der Waals surface area contributed by atoms with Crippen molar-refractivity contribution in [3.05, 3.63) is 29.3 Å². The number of benzene rings is 1. The summed E-state index contributed by atoms with van der Waals surface area (Å²) in [6.45, 7) is 13.4. The van der Waals surface area contributed by atoms with E-state index in [-0.39, 0.29) is 11.2 Å². The lowest BCUT2D eigenvalue weighted by atomic mass is 9.82. The van der Waals surface area contributed by atoms with Gasteiger partial charge in [0.25, 0.3) is 0 Å². The minimum absolute atomic E-state index is 0.122.